The third-order valence-corrected chi connectivity index (χ3v) is 3.08. The number of halogens is 1. The topological polar surface area (TPSA) is 47.0 Å². The minimum absolute atomic E-state index is 0.733. The summed E-state index contributed by atoms with van der Waals surface area (Å²) >= 11 is 2.21. The summed E-state index contributed by atoms with van der Waals surface area (Å²) in [6.07, 6.45) is 3.32. The molecule has 0 fully saturated rings. The lowest BCUT2D eigenvalue weighted by molar-refractivity contribution is 0.414. The van der Waals surface area contributed by atoms with Gasteiger partial charge in [0.1, 0.15) is 17.9 Å². The van der Waals surface area contributed by atoms with Gasteiger partial charge in [0.05, 0.1) is 10.7 Å². The second kappa shape index (κ2) is 5.81. The summed E-state index contributed by atoms with van der Waals surface area (Å²) in [4.78, 5) is 8.12. The summed E-state index contributed by atoms with van der Waals surface area (Å²) in [6.45, 7) is 0.733. The maximum Gasteiger partial charge on any atom is 0.143 e. The largest absolute Gasteiger partial charge is 0.497 e. The lowest BCUT2D eigenvalue weighted by atomic mass is 10.2. The van der Waals surface area contributed by atoms with Crippen LogP contribution in [-0.2, 0) is 6.54 Å². The zero-order valence-corrected chi connectivity index (χ0v) is 11.5. The number of benzene rings is 1. The average Bonchev–Trinajstić information content (AvgIpc) is 2.38. The Balaban J connectivity index is 2.00. The summed E-state index contributed by atoms with van der Waals surface area (Å²) in [5, 5.41) is 3.27. The van der Waals surface area contributed by atoms with Crippen molar-refractivity contribution in [3.05, 3.63) is 45.9 Å². The summed E-state index contributed by atoms with van der Waals surface area (Å²) in [5.74, 6) is 1.72. The van der Waals surface area contributed by atoms with Crippen LogP contribution in [0.5, 0.6) is 5.75 Å². The number of nitrogens with one attached hydrogen (secondary N) is 1. The summed E-state index contributed by atoms with van der Waals surface area (Å²) in [5.41, 5.74) is 1.18. The summed E-state index contributed by atoms with van der Waals surface area (Å²) in [7, 11) is 1.66. The lowest BCUT2D eigenvalue weighted by Crippen LogP contribution is -2.03. The Morgan fingerprint density at radius 1 is 1.29 bits per heavy atom. The Labute approximate surface area is 114 Å². The number of ether oxygens (including phenoxy) is 1. The van der Waals surface area contributed by atoms with E-state index in [9.17, 15) is 0 Å². The van der Waals surface area contributed by atoms with Crippen LogP contribution in [0.3, 0.4) is 0 Å². The molecule has 2 aromatic rings. The Morgan fingerprint density at radius 3 is 2.71 bits per heavy atom. The van der Waals surface area contributed by atoms with Crippen molar-refractivity contribution in [2.45, 2.75) is 6.54 Å². The first-order valence-electron chi connectivity index (χ1n) is 5.12. The monoisotopic (exact) mass is 341 g/mol. The molecule has 4 nitrogen and oxygen atoms in total. The first-order chi connectivity index (χ1) is 8.29. The SMILES string of the molecule is COc1ccc(CNc2ncncc2I)cc1. The van der Waals surface area contributed by atoms with Crippen LogP contribution in [0.25, 0.3) is 0 Å². The van der Waals surface area contributed by atoms with Crippen molar-refractivity contribution in [2.24, 2.45) is 0 Å². The molecular weight excluding hydrogens is 329 g/mol. The predicted molar refractivity (Wildman–Crippen MR) is 75.1 cm³/mol. The molecule has 0 saturated carbocycles. The molecule has 1 aromatic carbocycles. The molecule has 0 bridgehead atoms. The van der Waals surface area contributed by atoms with E-state index in [-0.39, 0.29) is 0 Å². The Morgan fingerprint density at radius 2 is 2.06 bits per heavy atom. The lowest BCUT2D eigenvalue weighted by Gasteiger charge is -2.07. The molecule has 1 aromatic heterocycles. The number of hydrogen-bond donors (Lipinski definition) is 1. The molecule has 1 N–H and O–H groups in total. The van der Waals surface area contributed by atoms with Gasteiger partial charge in [-0.2, -0.15) is 0 Å². The molecule has 2 rings (SSSR count). The molecule has 0 atom stereocenters. The first kappa shape index (κ1) is 12.1. The minimum atomic E-state index is 0.733. The molecular formula is C12H12IN3O. The van der Waals surface area contributed by atoms with E-state index in [2.05, 4.69) is 37.9 Å². The van der Waals surface area contributed by atoms with E-state index in [0.29, 0.717) is 0 Å². The fraction of sp³-hybridized carbons (Fsp3) is 0.167. The van der Waals surface area contributed by atoms with E-state index in [0.717, 1.165) is 21.7 Å². The minimum Gasteiger partial charge on any atom is -0.497 e. The molecule has 5 heteroatoms. The van der Waals surface area contributed by atoms with Gasteiger partial charge in [-0.25, -0.2) is 9.97 Å². The van der Waals surface area contributed by atoms with Gasteiger partial charge < -0.3 is 10.1 Å². The number of aromatic nitrogens is 2. The van der Waals surface area contributed by atoms with Crippen LogP contribution in [0.4, 0.5) is 5.82 Å². The number of nitrogens with zero attached hydrogens (tertiary/aromatic N) is 2. The highest BCUT2D eigenvalue weighted by Crippen LogP contribution is 2.15. The second-order valence-corrected chi connectivity index (χ2v) is 4.58. The Bertz CT molecular complexity index is 487. The van der Waals surface area contributed by atoms with Crippen LogP contribution >= 0.6 is 22.6 Å². The van der Waals surface area contributed by atoms with Crippen molar-refractivity contribution < 1.29 is 4.74 Å². The van der Waals surface area contributed by atoms with Crippen LogP contribution in [0.2, 0.25) is 0 Å². The molecule has 1 heterocycles. The molecule has 0 aliphatic heterocycles. The quantitative estimate of drug-likeness (QED) is 0.869. The van der Waals surface area contributed by atoms with Gasteiger partial charge in [-0.1, -0.05) is 12.1 Å². The van der Waals surface area contributed by atoms with Crippen LogP contribution in [-0.4, -0.2) is 17.1 Å². The molecule has 0 spiro atoms. The predicted octanol–water partition coefficient (Wildman–Crippen LogP) is 2.70. The summed E-state index contributed by atoms with van der Waals surface area (Å²) < 4.78 is 6.12. The summed E-state index contributed by atoms with van der Waals surface area (Å²) in [6, 6.07) is 7.95. The van der Waals surface area contributed by atoms with Crippen LogP contribution in [0.1, 0.15) is 5.56 Å². The zero-order chi connectivity index (χ0) is 12.1. The van der Waals surface area contributed by atoms with Crippen molar-refractivity contribution in [2.75, 3.05) is 12.4 Å². The Kier molecular flexibility index (Phi) is 4.13. The van der Waals surface area contributed by atoms with E-state index in [4.69, 9.17) is 4.74 Å². The van der Waals surface area contributed by atoms with E-state index in [1.54, 1.807) is 19.6 Å². The fourth-order valence-corrected chi connectivity index (χ4v) is 1.86. The standard InChI is InChI=1S/C12H12IN3O/c1-17-10-4-2-9(3-5-10)6-15-12-11(13)7-14-8-16-12/h2-5,7-8H,6H2,1H3,(H,14,15,16). The van der Waals surface area contributed by atoms with Gasteiger partial charge in [0, 0.05) is 12.7 Å². The molecule has 0 aliphatic rings. The van der Waals surface area contributed by atoms with Crippen molar-refractivity contribution in [3.63, 3.8) is 0 Å². The number of rotatable bonds is 4. The second-order valence-electron chi connectivity index (χ2n) is 3.42. The van der Waals surface area contributed by atoms with Crippen molar-refractivity contribution in [1.29, 1.82) is 0 Å². The molecule has 0 radical (unpaired) electrons. The molecule has 88 valence electrons. The highest BCUT2D eigenvalue weighted by atomic mass is 127. The van der Waals surface area contributed by atoms with Gasteiger partial charge in [0.25, 0.3) is 0 Å². The smallest absolute Gasteiger partial charge is 0.143 e. The van der Waals surface area contributed by atoms with Gasteiger partial charge in [0.2, 0.25) is 0 Å². The maximum absolute atomic E-state index is 5.11. The van der Waals surface area contributed by atoms with Crippen molar-refractivity contribution in [1.82, 2.24) is 9.97 Å². The number of hydrogen-bond acceptors (Lipinski definition) is 4. The van der Waals surface area contributed by atoms with E-state index >= 15 is 0 Å². The average molecular weight is 341 g/mol. The third kappa shape index (κ3) is 3.29. The Hall–Kier alpha value is -1.37. The highest BCUT2D eigenvalue weighted by Gasteiger charge is 2.00. The normalized spacial score (nSPS) is 10.0. The van der Waals surface area contributed by atoms with E-state index in [1.807, 2.05) is 24.3 Å². The zero-order valence-electron chi connectivity index (χ0n) is 9.35. The molecule has 0 saturated heterocycles. The maximum atomic E-state index is 5.11. The van der Waals surface area contributed by atoms with E-state index in [1.165, 1.54) is 5.56 Å². The van der Waals surface area contributed by atoms with Crippen LogP contribution < -0.4 is 10.1 Å². The van der Waals surface area contributed by atoms with Crippen molar-refractivity contribution in [3.8, 4) is 5.75 Å². The van der Waals surface area contributed by atoms with Crippen LogP contribution in [0.15, 0.2) is 36.8 Å². The highest BCUT2D eigenvalue weighted by molar-refractivity contribution is 14.1. The molecule has 17 heavy (non-hydrogen) atoms. The fourth-order valence-electron chi connectivity index (χ4n) is 1.37. The molecule has 0 aliphatic carbocycles. The van der Waals surface area contributed by atoms with Gasteiger partial charge >= 0.3 is 0 Å². The first-order valence-corrected chi connectivity index (χ1v) is 6.20. The van der Waals surface area contributed by atoms with Gasteiger partial charge in [-0.15, -0.1) is 0 Å². The number of anilines is 1. The van der Waals surface area contributed by atoms with E-state index < -0.39 is 0 Å². The van der Waals surface area contributed by atoms with Crippen molar-refractivity contribution >= 4 is 28.4 Å². The van der Waals surface area contributed by atoms with Gasteiger partial charge in [0.15, 0.2) is 0 Å². The van der Waals surface area contributed by atoms with Gasteiger partial charge in [-0.3, -0.25) is 0 Å². The molecule has 0 amide bonds. The van der Waals surface area contributed by atoms with Crippen LogP contribution in [0, 0.1) is 3.57 Å². The molecule has 0 unspecified atom stereocenters. The number of methoxy groups -OCH3 is 1. The third-order valence-electron chi connectivity index (χ3n) is 2.29. The van der Waals surface area contributed by atoms with Gasteiger partial charge in [-0.05, 0) is 40.3 Å².